The van der Waals surface area contributed by atoms with Gasteiger partial charge in [0.15, 0.2) is 0 Å². The van der Waals surface area contributed by atoms with Gasteiger partial charge in [-0.15, -0.1) is 0 Å². The summed E-state index contributed by atoms with van der Waals surface area (Å²) in [6.07, 6.45) is 2.52. The van der Waals surface area contributed by atoms with Crippen LogP contribution in [0.25, 0.3) is 0 Å². The number of piperidine rings is 1. The van der Waals surface area contributed by atoms with Crippen molar-refractivity contribution in [2.24, 2.45) is 5.92 Å². The molecule has 1 aromatic rings. The molecule has 1 aliphatic heterocycles. The molecule has 0 atom stereocenters. The molecular formula is C17H28N2O. The third-order valence-electron chi connectivity index (χ3n) is 3.76. The van der Waals surface area contributed by atoms with Crippen molar-refractivity contribution in [1.29, 1.82) is 0 Å². The minimum absolute atomic E-state index is 0.665. The van der Waals surface area contributed by atoms with Crippen molar-refractivity contribution >= 4 is 0 Å². The molecule has 0 aromatic heterocycles. The van der Waals surface area contributed by atoms with E-state index in [9.17, 15) is 0 Å². The number of hydrogen-bond acceptors (Lipinski definition) is 3. The summed E-state index contributed by atoms with van der Waals surface area (Å²) in [6.45, 7) is 9.98. The van der Waals surface area contributed by atoms with Gasteiger partial charge in [-0.25, -0.2) is 0 Å². The fourth-order valence-electron chi connectivity index (χ4n) is 2.78. The standard InChI is InChI=1S/C17H28N2O/c1-15(2)14-19-11-8-16(9-12-19)18-10-13-20-17-6-4-3-5-7-17/h3-7,15-16,18H,8-14H2,1-2H3. The molecule has 0 radical (unpaired) electrons. The van der Waals surface area contributed by atoms with Crippen molar-refractivity contribution in [1.82, 2.24) is 10.2 Å². The number of likely N-dealkylation sites (tertiary alicyclic amines) is 1. The summed E-state index contributed by atoms with van der Waals surface area (Å²) in [6, 6.07) is 10.7. The van der Waals surface area contributed by atoms with Crippen LogP contribution in [0.5, 0.6) is 5.75 Å². The summed E-state index contributed by atoms with van der Waals surface area (Å²) in [7, 11) is 0. The lowest BCUT2D eigenvalue weighted by Crippen LogP contribution is -2.44. The smallest absolute Gasteiger partial charge is 0.119 e. The van der Waals surface area contributed by atoms with Gasteiger partial charge < -0.3 is 15.0 Å². The van der Waals surface area contributed by atoms with Crippen molar-refractivity contribution in [3.8, 4) is 5.75 Å². The summed E-state index contributed by atoms with van der Waals surface area (Å²) >= 11 is 0. The molecule has 0 amide bonds. The second-order valence-electron chi connectivity index (χ2n) is 6.08. The Morgan fingerprint density at radius 2 is 1.90 bits per heavy atom. The quantitative estimate of drug-likeness (QED) is 0.775. The molecule has 112 valence electrons. The van der Waals surface area contributed by atoms with Crippen molar-refractivity contribution in [2.45, 2.75) is 32.7 Å². The highest BCUT2D eigenvalue weighted by Gasteiger charge is 2.18. The Morgan fingerprint density at radius 3 is 2.55 bits per heavy atom. The van der Waals surface area contributed by atoms with Crippen LogP contribution in [0, 0.1) is 5.92 Å². The molecule has 1 aliphatic rings. The maximum atomic E-state index is 5.70. The molecule has 0 saturated carbocycles. The van der Waals surface area contributed by atoms with E-state index < -0.39 is 0 Å². The first kappa shape index (κ1) is 15.3. The van der Waals surface area contributed by atoms with Crippen molar-refractivity contribution < 1.29 is 4.74 Å². The van der Waals surface area contributed by atoms with E-state index in [1.54, 1.807) is 0 Å². The Kier molecular flexibility index (Phi) is 6.34. The first-order chi connectivity index (χ1) is 9.74. The van der Waals surface area contributed by atoms with Crippen LogP contribution in [-0.4, -0.2) is 43.7 Å². The summed E-state index contributed by atoms with van der Waals surface area (Å²) in [5.41, 5.74) is 0. The van der Waals surface area contributed by atoms with Crippen molar-refractivity contribution in [3.05, 3.63) is 30.3 Å². The van der Waals surface area contributed by atoms with Crippen LogP contribution in [0.3, 0.4) is 0 Å². The molecule has 1 aromatic carbocycles. The monoisotopic (exact) mass is 276 g/mol. The fraction of sp³-hybridized carbons (Fsp3) is 0.647. The van der Waals surface area contributed by atoms with E-state index in [0.29, 0.717) is 6.04 Å². The minimum atomic E-state index is 0.665. The highest BCUT2D eigenvalue weighted by atomic mass is 16.5. The topological polar surface area (TPSA) is 24.5 Å². The summed E-state index contributed by atoms with van der Waals surface area (Å²) in [4.78, 5) is 2.59. The van der Waals surface area contributed by atoms with E-state index in [4.69, 9.17) is 4.74 Å². The van der Waals surface area contributed by atoms with Crippen molar-refractivity contribution in [3.63, 3.8) is 0 Å². The van der Waals surface area contributed by atoms with E-state index in [-0.39, 0.29) is 0 Å². The van der Waals surface area contributed by atoms with Gasteiger partial charge in [-0.1, -0.05) is 32.0 Å². The maximum Gasteiger partial charge on any atom is 0.119 e. The summed E-state index contributed by atoms with van der Waals surface area (Å²) in [5.74, 6) is 1.74. The molecule has 3 nitrogen and oxygen atoms in total. The minimum Gasteiger partial charge on any atom is -0.492 e. The molecule has 0 spiro atoms. The zero-order chi connectivity index (χ0) is 14.2. The second-order valence-corrected chi connectivity index (χ2v) is 6.08. The molecule has 1 heterocycles. The average Bonchev–Trinajstić information content (AvgIpc) is 2.46. The lowest BCUT2D eigenvalue weighted by atomic mass is 10.0. The SMILES string of the molecule is CC(C)CN1CCC(NCCOc2ccccc2)CC1. The number of nitrogens with zero attached hydrogens (tertiary/aromatic N) is 1. The highest BCUT2D eigenvalue weighted by molar-refractivity contribution is 5.20. The van der Waals surface area contributed by atoms with Gasteiger partial charge in [-0.05, 0) is 44.0 Å². The fourth-order valence-corrected chi connectivity index (χ4v) is 2.78. The number of nitrogens with one attached hydrogen (secondary N) is 1. The van der Waals surface area contributed by atoms with E-state index in [1.165, 1.54) is 32.5 Å². The van der Waals surface area contributed by atoms with Crippen LogP contribution < -0.4 is 10.1 Å². The largest absolute Gasteiger partial charge is 0.492 e. The van der Waals surface area contributed by atoms with Crippen LogP contribution in [0.1, 0.15) is 26.7 Å². The van der Waals surface area contributed by atoms with Gasteiger partial charge in [-0.3, -0.25) is 0 Å². The molecule has 0 unspecified atom stereocenters. The van der Waals surface area contributed by atoms with Crippen LogP contribution in [0.2, 0.25) is 0 Å². The van der Waals surface area contributed by atoms with Gasteiger partial charge >= 0.3 is 0 Å². The molecule has 2 rings (SSSR count). The Labute approximate surface area is 123 Å². The van der Waals surface area contributed by atoms with Gasteiger partial charge in [-0.2, -0.15) is 0 Å². The molecule has 1 saturated heterocycles. The zero-order valence-electron chi connectivity index (χ0n) is 12.8. The van der Waals surface area contributed by atoms with Crippen LogP contribution in [0.15, 0.2) is 30.3 Å². The van der Waals surface area contributed by atoms with Crippen LogP contribution >= 0.6 is 0 Å². The van der Waals surface area contributed by atoms with Crippen molar-refractivity contribution in [2.75, 3.05) is 32.8 Å². The number of para-hydroxylation sites is 1. The lowest BCUT2D eigenvalue weighted by molar-refractivity contribution is 0.176. The van der Waals surface area contributed by atoms with Gasteiger partial charge in [0.25, 0.3) is 0 Å². The predicted molar refractivity (Wildman–Crippen MR) is 84.2 cm³/mol. The van der Waals surface area contributed by atoms with Crippen LogP contribution in [-0.2, 0) is 0 Å². The van der Waals surface area contributed by atoms with Crippen LogP contribution in [0.4, 0.5) is 0 Å². The lowest BCUT2D eigenvalue weighted by Gasteiger charge is -2.33. The third-order valence-corrected chi connectivity index (χ3v) is 3.76. The summed E-state index contributed by atoms with van der Waals surface area (Å²) in [5, 5.41) is 3.61. The molecule has 0 aliphatic carbocycles. The van der Waals surface area contributed by atoms with E-state index in [1.807, 2.05) is 30.3 Å². The Hall–Kier alpha value is -1.06. The predicted octanol–water partition coefficient (Wildman–Crippen LogP) is 2.78. The molecule has 3 heteroatoms. The molecule has 1 fully saturated rings. The molecule has 0 bridgehead atoms. The van der Waals surface area contributed by atoms with Gasteiger partial charge in [0.05, 0.1) is 0 Å². The number of benzene rings is 1. The molecule has 1 N–H and O–H groups in total. The van der Waals surface area contributed by atoms with E-state index in [0.717, 1.165) is 24.8 Å². The first-order valence-electron chi connectivity index (χ1n) is 7.87. The number of ether oxygens (including phenoxy) is 1. The third kappa shape index (κ3) is 5.51. The van der Waals surface area contributed by atoms with Gasteiger partial charge in [0.1, 0.15) is 12.4 Å². The maximum absolute atomic E-state index is 5.70. The average molecular weight is 276 g/mol. The highest BCUT2D eigenvalue weighted by Crippen LogP contribution is 2.12. The molecular weight excluding hydrogens is 248 g/mol. The normalized spacial score (nSPS) is 17.6. The Morgan fingerprint density at radius 1 is 1.20 bits per heavy atom. The van der Waals surface area contributed by atoms with Gasteiger partial charge in [0.2, 0.25) is 0 Å². The second kappa shape index (κ2) is 8.28. The number of rotatable bonds is 7. The summed E-state index contributed by atoms with van der Waals surface area (Å²) < 4.78 is 5.70. The molecule has 20 heavy (non-hydrogen) atoms. The Balaban J connectivity index is 1.55. The van der Waals surface area contributed by atoms with Gasteiger partial charge in [0, 0.05) is 19.1 Å². The Bertz CT molecular complexity index is 359. The van der Waals surface area contributed by atoms with E-state index >= 15 is 0 Å². The van der Waals surface area contributed by atoms with E-state index in [2.05, 4.69) is 24.1 Å². The first-order valence-corrected chi connectivity index (χ1v) is 7.87. The number of hydrogen-bond donors (Lipinski definition) is 1. The zero-order valence-corrected chi connectivity index (χ0v) is 12.8.